The number of rotatable bonds is 4. The van der Waals surface area contributed by atoms with E-state index in [1.165, 1.54) is 0 Å². The predicted molar refractivity (Wildman–Crippen MR) is 81.8 cm³/mol. The number of ether oxygens (including phenoxy) is 1. The lowest BCUT2D eigenvalue weighted by molar-refractivity contribution is 0.0720. The number of aryl methyl sites for hydroxylation is 2. The number of nitrogens with zero attached hydrogens (tertiary/aromatic N) is 1. The number of H-pyrrole nitrogens is 1. The van der Waals surface area contributed by atoms with E-state index >= 15 is 0 Å². The van der Waals surface area contributed by atoms with Crippen molar-refractivity contribution >= 4 is 33.8 Å². The SMILES string of the molecule is Cc1sc2[nH]c(=S)n(CCOC(C)C)c(=O)c2c1C. The molecule has 2 aromatic heterocycles. The number of nitrogens with one attached hydrogen (secondary N) is 1. The van der Waals surface area contributed by atoms with Crippen LogP contribution in [0.25, 0.3) is 10.2 Å². The minimum absolute atomic E-state index is 0.0204. The minimum atomic E-state index is -0.0204. The quantitative estimate of drug-likeness (QED) is 0.882. The lowest BCUT2D eigenvalue weighted by Gasteiger charge is -2.09. The minimum Gasteiger partial charge on any atom is -0.377 e. The second-order valence-electron chi connectivity index (χ2n) is 4.79. The van der Waals surface area contributed by atoms with E-state index in [1.54, 1.807) is 15.9 Å². The lowest BCUT2D eigenvalue weighted by Crippen LogP contribution is -2.25. The van der Waals surface area contributed by atoms with Crippen LogP contribution < -0.4 is 5.56 Å². The van der Waals surface area contributed by atoms with E-state index in [1.807, 2.05) is 27.7 Å². The van der Waals surface area contributed by atoms with Crippen LogP contribution in [-0.2, 0) is 11.3 Å². The molecule has 1 N–H and O–H groups in total. The first-order chi connectivity index (χ1) is 8.91. The Labute approximate surface area is 121 Å². The molecule has 0 fully saturated rings. The van der Waals surface area contributed by atoms with Crippen molar-refractivity contribution in [3.8, 4) is 0 Å². The van der Waals surface area contributed by atoms with Crippen molar-refractivity contribution in [1.29, 1.82) is 0 Å². The van der Waals surface area contributed by atoms with Crippen molar-refractivity contribution in [3.63, 3.8) is 0 Å². The van der Waals surface area contributed by atoms with Gasteiger partial charge in [-0.3, -0.25) is 9.36 Å². The molecule has 2 rings (SSSR count). The van der Waals surface area contributed by atoms with Crippen molar-refractivity contribution < 1.29 is 4.74 Å². The van der Waals surface area contributed by atoms with Crippen LogP contribution in [0.4, 0.5) is 0 Å². The summed E-state index contributed by atoms with van der Waals surface area (Å²) in [5.41, 5.74) is 1.02. The molecule has 0 atom stereocenters. The van der Waals surface area contributed by atoms with Gasteiger partial charge in [0.25, 0.3) is 5.56 Å². The molecule has 0 aromatic carbocycles. The summed E-state index contributed by atoms with van der Waals surface area (Å²) in [5, 5.41) is 0.751. The van der Waals surface area contributed by atoms with Crippen molar-refractivity contribution in [3.05, 3.63) is 25.6 Å². The summed E-state index contributed by atoms with van der Waals surface area (Å²) in [7, 11) is 0. The van der Waals surface area contributed by atoms with Crippen LogP contribution in [0.15, 0.2) is 4.79 Å². The molecule has 19 heavy (non-hydrogen) atoms. The fourth-order valence-electron chi connectivity index (χ4n) is 1.95. The summed E-state index contributed by atoms with van der Waals surface area (Å²) in [6.07, 6.45) is 0.155. The van der Waals surface area contributed by atoms with Crippen LogP contribution in [0.1, 0.15) is 24.3 Å². The second kappa shape index (κ2) is 5.56. The molecule has 0 radical (unpaired) electrons. The third-order valence-corrected chi connectivity index (χ3v) is 4.52. The molecule has 0 aliphatic heterocycles. The monoisotopic (exact) mass is 298 g/mol. The molecule has 0 amide bonds. The molecule has 0 aliphatic rings. The molecule has 0 bridgehead atoms. The smallest absolute Gasteiger partial charge is 0.263 e. The molecule has 6 heteroatoms. The highest BCUT2D eigenvalue weighted by atomic mass is 32.1. The van der Waals surface area contributed by atoms with Crippen LogP contribution >= 0.6 is 23.6 Å². The van der Waals surface area contributed by atoms with Gasteiger partial charge in [0.15, 0.2) is 4.77 Å². The van der Waals surface area contributed by atoms with Gasteiger partial charge in [0.05, 0.1) is 24.6 Å². The van der Waals surface area contributed by atoms with Gasteiger partial charge in [-0.05, 0) is 45.5 Å². The van der Waals surface area contributed by atoms with Gasteiger partial charge < -0.3 is 9.72 Å². The van der Waals surface area contributed by atoms with Crippen LogP contribution in [0, 0.1) is 18.6 Å². The Kier molecular flexibility index (Phi) is 4.23. The number of aromatic nitrogens is 2. The number of aromatic amines is 1. The maximum atomic E-state index is 12.5. The highest BCUT2D eigenvalue weighted by molar-refractivity contribution is 7.71. The highest BCUT2D eigenvalue weighted by Gasteiger charge is 2.12. The average Bonchev–Trinajstić information content (AvgIpc) is 2.59. The average molecular weight is 298 g/mol. The summed E-state index contributed by atoms with van der Waals surface area (Å²) in [4.78, 5) is 17.6. The zero-order chi connectivity index (χ0) is 14.2. The molecule has 2 heterocycles. The van der Waals surface area contributed by atoms with Gasteiger partial charge in [-0.2, -0.15) is 0 Å². The molecule has 104 valence electrons. The number of fused-ring (bicyclic) bond motifs is 1. The van der Waals surface area contributed by atoms with Gasteiger partial charge in [0.1, 0.15) is 4.83 Å². The summed E-state index contributed by atoms with van der Waals surface area (Å²) >= 11 is 6.83. The maximum absolute atomic E-state index is 12.5. The van der Waals surface area contributed by atoms with Crippen molar-refractivity contribution in [1.82, 2.24) is 9.55 Å². The molecule has 0 unspecified atom stereocenters. The molecule has 4 nitrogen and oxygen atoms in total. The van der Waals surface area contributed by atoms with E-state index in [2.05, 4.69) is 4.98 Å². The van der Waals surface area contributed by atoms with E-state index in [0.29, 0.717) is 17.9 Å². The Morgan fingerprint density at radius 3 is 2.74 bits per heavy atom. The van der Waals surface area contributed by atoms with Gasteiger partial charge in [0, 0.05) is 4.88 Å². The molecule has 0 spiro atoms. The Bertz CT molecular complexity index is 710. The zero-order valence-electron chi connectivity index (χ0n) is 11.6. The van der Waals surface area contributed by atoms with E-state index in [0.717, 1.165) is 20.7 Å². The number of thiophene rings is 1. The molecule has 2 aromatic rings. The highest BCUT2D eigenvalue weighted by Crippen LogP contribution is 2.25. The van der Waals surface area contributed by atoms with Crippen molar-refractivity contribution in [2.24, 2.45) is 0 Å². The van der Waals surface area contributed by atoms with E-state index in [4.69, 9.17) is 17.0 Å². The van der Waals surface area contributed by atoms with Crippen molar-refractivity contribution in [2.45, 2.75) is 40.3 Å². The van der Waals surface area contributed by atoms with E-state index in [-0.39, 0.29) is 11.7 Å². The van der Waals surface area contributed by atoms with Crippen LogP contribution in [-0.4, -0.2) is 22.3 Å². The zero-order valence-corrected chi connectivity index (χ0v) is 13.2. The standard InChI is InChI=1S/C13H18N2O2S2/c1-7(2)17-6-5-15-12(16)10-8(3)9(4)19-11(10)14-13(15)18/h7H,5-6H2,1-4H3,(H,14,18). The predicted octanol–water partition coefficient (Wildman–Crippen LogP) is 3.16. The van der Waals surface area contributed by atoms with E-state index in [9.17, 15) is 4.79 Å². The van der Waals surface area contributed by atoms with E-state index < -0.39 is 0 Å². The first kappa shape index (κ1) is 14.4. The second-order valence-corrected chi connectivity index (χ2v) is 6.41. The third kappa shape index (κ3) is 2.80. The van der Waals surface area contributed by atoms with Crippen LogP contribution in [0.5, 0.6) is 0 Å². The first-order valence-electron chi connectivity index (χ1n) is 6.26. The summed E-state index contributed by atoms with van der Waals surface area (Å²) in [6, 6.07) is 0. The fraction of sp³-hybridized carbons (Fsp3) is 0.538. The maximum Gasteiger partial charge on any atom is 0.263 e. The van der Waals surface area contributed by atoms with Gasteiger partial charge in [-0.25, -0.2) is 0 Å². The Hall–Kier alpha value is -0.980. The van der Waals surface area contributed by atoms with Gasteiger partial charge in [0.2, 0.25) is 0 Å². The summed E-state index contributed by atoms with van der Waals surface area (Å²) in [6.45, 7) is 8.90. The van der Waals surface area contributed by atoms with Gasteiger partial charge >= 0.3 is 0 Å². The largest absolute Gasteiger partial charge is 0.377 e. The molecule has 0 aliphatic carbocycles. The van der Waals surface area contributed by atoms with Crippen molar-refractivity contribution in [2.75, 3.05) is 6.61 Å². The Morgan fingerprint density at radius 1 is 1.42 bits per heavy atom. The van der Waals surface area contributed by atoms with Crippen LogP contribution in [0.3, 0.4) is 0 Å². The van der Waals surface area contributed by atoms with Crippen LogP contribution in [0.2, 0.25) is 0 Å². The number of hydrogen-bond donors (Lipinski definition) is 1. The first-order valence-corrected chi connectivity index (χ1v) is 7.48. The Morgan fingerprint density at radius 2 is 2.11 bits per heavy atom. The normalized spacial score (nSPS) is 11.6. The molecular weight excluding hydrogens is 280 g/mol. The van der Waals surface area contributed by atoms with Gasteiger partial charge in [-0.1, -0.05) is 0 Å². The molecule has 0 saturated carbocycles. The lowest BCUT2D eigenvalue weighted by atomic mass is 10.2. The summed E-state index contributed by atoms with van der Waals surface area (Å²) < 4.78 is 7.53. The summed E-state index contributed by atoms with van der Waals surface area (Å²) in [5.74, 6) is 0. The van der Waals surface area contributed by atoms with Gasteiger partial charge in [-0.15, -0.1) is 11.3 Å². The molecular formula is C13H18N2O2S2. The third-order valence-electron chi connectivity index (χ3n) is 3.08. The fourth-order valence-corrected chi connectivity index (χ4v) is 3.34. The number of hydrogen-bond acceptors (Lipinski definition) is 4. The molecule has 0 saturated heterocycles. The topological polar surface area (TPSA) is 47.0 Å². The Balaban J connectivity index is 2.47.